The second-order valence-corrected chi connectivity index (χ2v) is 7.97. The number of carbonyl (C=O) groups excluding carboxylic acids is 2. The predicted octanol–water partition coefficient (Wildman–Crippen LogP) is 2.28. The van der Waals surface area contributed by atoms with E-state index in [1.165, 1.54) is 12.8 Å². The largest absolute Gasteiger partial charge is 0.373 e. The zero-order valence-electron chi connectivity index (χ0n) is 16.3. The maximum Gasteiger partial charge on any atom is 0.226 e. The third-order valence-electron chi connectivity index (χ3n) is 6.30. The Morgan fingerprint density at radius 3 is 2.56 bits per heavy atom. The Hall–Kier alpha value is -2.18. The van der Waals surface area contributed by atoms with Crippen LogP contribution in [0.4, 0.5) is 5.82 Å². The summed E-state index contributed by atoms with van der Waals surface area (Å²) in [5.74, 6) is 2.12. The summed E-state index contributed by atoms with van der Waals surface area (Å²) >= 11 is 0. The topological polar surface area (TPSA) is 78.4 Å². The van der Waals surface area contributed by atoms with Crippen molar-refractivity contribution in [2.45, 2.75) is 64.5 Å². The van der Waals surface area contributed by atoms with Crippen LogP contribution < -0.4 is 5.32 Å². The third-order valence-corrected chi connectivity index (χ3v) is 6.30. The number of nitrogens with one attached hydrogen (secondary N) is 1. The van der Waals surface area contributed by atoms with E-state index in [2.05, 4.69) is 5.32 Å². The average molecular weight is 371 g/mol. The van der Waals surface area contributed by atoms with Gasteiger partial charge in [-0.05, 0) is 25.7 Å². The van der Waals surface area contributed by atoms with E-state index in [4.69, 9.17) is 9.97 Å². The Bertz CT molecular complexity index is 727. The van der Waals surface area contributed by atoms with E-state index in [0.717, 1.165) is 61.5 Å². The standard InChI is InChI=1S/C20H29N5O2/c1-13(26)24-11-9-16-15(12-24)18(21-2)23-19(22-16)17-8-5-10-25(17)20(27)14-6-3-4-7-14/h14,17H,3-12H2,1-2H3,(H,21,22,23)/t17-/m1/s1. The molecule has 3 aliphatic rings. The number of aromatic nitrogens is 2. The maximum absolute atomic E-state index is 13.0. The number of nitrogens with zero attached hydrogens (tertiary/aromatic N) is 4. The van der Waals surface area contributed by atoms with E-state index in [9.17, 15) is 9.59 Å². The number of anilines is 1. The van der Waals surface area contributed by atoms with E-state index in [1.807, 2.05) is 16.8 Å². The average Bonchev–Trinajstić information content (AvgIpc) is 3.37. The number of rotatable bonds is 3. The molecular formula is C20H29N5O2. The lowest BCUT2D eigenvalue weighted by atomic mass is 10.0. The summed E-state index contributed by atoms with van der Waals surface area (Å²) in [4.78, 5) is 38.3. The summed E-state index contributed by atoms with van der Waals surface area (Å²) in [7, 11) is 1.86. The predicted molar refractivity (Wildman–Crippen MR) is 102 cm³/mol. The molecule has 7 heteroatoms. The molecule has 146 valence electrons. The second-order valence-electron chi connectivity index (χ2n) is 7.97. The lowest BCUT2D eigenvalue weighted by molar-refractivity contribution is -0.136. The molecule has 1 N–H and O–H groups in total. The molecule has 0 unspecified atom stereocenters. The molecule has 1 aromatic rings. The van der Waals surface area contributed by atoms with Crippen LogP contribution in [-0.4, -0.2) is 51.7 Å². The number of hydrogen-bond acceptors (Lipinski definition) is 5. The van der Waals surface area contributed by atoms with Gasteiger partial charge in [0.2, 0.25) is 11.8 Å². The highest BCUT2D eigenvalue weighted by Crippen LogP contribution is 2.36. The Balaban J connectivity index is 1.62. The van der Waals surface area contributed by atoms with E-state index in [-0.39, 0.29) is 17.9 Å². The van der Waals surface area contributed by atoms with Crippen molar-refractivity contribution in [1.29, 1.82) is 0 Å². The first kappa shape index (κ1) is 18.2. The van der Waals surface area contributed by atoms with Crippen LogP contribution in [0.1, 0.15) is 68.6 Å². The lowest BCUT2D eigenvalue weighted by Gasteiger charge is -2.31. The molecule has 4 rings (SSSR count). The molecule has 2 amide bonds. The van der Waals surface area contributed by atoms with Crippen LogP contribution in [0.25, 0.3) is 0 Å². The Labute approximate surface area is 160 Å². The molecule has 0 aromatic carbocycles. The fourth-order valence-corrected chi connectivity index (χ4v) is 4.76. The summed E-state index contributed by atoms with van der Waals surface area (Å²) in [5, 5.41) is 3.19. The molecule has 27 heavy (non-hydrogen) atoms. The van der Waals surface area contributed by atoms with Crippen LogP contribution >= 0.6 is 0 Å². The normalized spacial score (nSPS) is 22.8. The highest BCUT2D eigenvalue weighted by atomic mass is 16.2. The van der Waals surface area contributed by atoms with Gasteiger partial charge in [-0.15, -0.1) is 0 Å². The molecular weight excluding hydrogens is 342 g/mol. The molecule has 0 bridgehead atoms. The van der Waals surface area contributed by atoms with Gasteiger partial charge in [-0.2, -0.15) is 0 Å². The number of fused-ring (bicyclic) bond motifs is 1. The molecule has 2 aliphatic heterocycles. The van der Waals surface area contributed by atoms with Gasteiger partial charge in [0.25, 0.3) is 0 Å². The Kier molecular flexibility index (Phi) is 5.02. The molecule has 0 spiro atoms. The molecule has 0 radical (unpaired) electrons. The molecule has 7 nitrogen and oxygen atoms in total. The van der Waals surface area contributed by atoms with Gasteiger partial charge in [-0.3, -0.25) is 9.59 Å². The summed E-state index contributed by atoms with van der Waals surface area (Å²) in [5.41, 5.74) is 2.02. The van der Waals surface area contributed by atoms with Crippen LogP contribution in [0.5, 0.6) is 0 Å². The minimum absolute atomic E-state index is 0.0127. The fraction of sp³-hybridized carbons (Fsp3) is 0.700. The van der Waals surface area contributed by atoms with Gasteiger partial charge in [0.15, 0.2) is 5.82 Å². The molecule has 2 fully saturated rings. The smallest absolute Gasteiger partial charge is 0.226 e. The highest BCUT2D eigenvalue weighted by Gasteiger charge is 2.37. The van der Waals surface area contributed by atoms with Crippen LogP contribution in [0.2, 0.25) is 0 Å². The van der Waals surface area contributed by atoms with Crippen molar-refractivity contribution in [1.82, 2.24) is 19.8 Å². The summed E-state index contributed by atoms with van der Waals surface area (Å²) in [6.07, 6.45) is 7.06. The van der Waals surface area contributed by atoms with Crippen LogP contribution in [0, 0.1) is 5.92 Å². The zero-order chi connectivity index (χ0) is 19.0. The maximum atomic E-state index is 13.0. The molecule has 1 aromatic heterocycles. The number of amides is 2. The minimum atomic E-state index is -0.0127. The second kappa shape index (κ2) is 7.44. The zero-order valence-corrected chi connectivity index (χ0v) is 16.3. The number of hydrogen-bond donors (Lipinski definition) is 1. The SMILES string of the molecule is CNc1nc([C@H]2CCCN2C(=O)C2CCCC2)nc2c1CN(C(C)=O)CC2. The van der Waals surface area contributed by atoms with Crippen molar-refractivity contribution >= 4 is 17.6 Å². The Morgan fingerprint density at radius 2 is 1.85 bits per heavy atom. The van der Waals surface area contributed by atoms with E-state index in [1.54, 1.807) is 6.92 Å². The van der Waals surface area contributed by atoms with Crippen molar-refractivity contribution in [2.75, 3.05) is 25.5 Å². The van der Waals surface area contributed by atoms with E-state index < -0.39 is 0 Å². The van der Waals surface area contributed by atoms with Gasteiger partial charge in [0, 0.05) is 45.0 Å². The number of likely N-dealkylation sites (tertiary alicyclic amines) is 1. The van der Waals surface area contributed by atoms with Gasteiger partial charge in [0.1, 0.15) is 5.82 Å². The van der Waals surface area contributed by atoms with Gasteiger partial charge >= 0.3 is 0 Å². The minimum Gasteiger partial charge on any atom is -0.373 e. The molecule has 1 aliphatic carbocycles. The first-order valence-corrected chi connectivity index (χ1v) is 10.2. The molecule has 3 heterocycles. The summed E-state index contributed by atoms with van der Waals surface area (Å²) in [6, 6.07) is -0.0127. The van der Waals surface area contributed by atoms with Crippen LogP contribution in [-0.2, 0) is 22.6 Å². The lowest BCUT2D eigenvalue weighted by Crippen LogP contribution is -2.37. The molecule has 1 saturated carbocycles. The molecule has 1 atom stereocenters. The molecule has 1 saturated heterocycles. The first-order valence-electron chi connectivity index (χ1n) is 10.2. The van der Waals surface area contributed by atoms with E-state index >= 15 is 0 Å². The Morgan fingerprint density at radius 1 is 1.07 bits per heavy atom. The van der Waals surface area contributed by atoms with Crippen molar-refractivity contribution < 1.29 is 9.59 Å². The summed E-state index contributed by atoms with van der Waals surface area (Å²) in [6.45, 7) is 3.66. The highest BCUT2D eigenvalue weighted by molar-refractivity contribution is 5.79. The monoisotopic (exact) mass is 371 g/mol. The first-order chi connectivity index (χ1) is 13.1. The van der Waals surface area contributed by atoms with Gasteiger partial charge in [-0.25, -0.2) is 9.97 Å². The number of carbonyl (C=O) groups is 2. The van der Waals surface area contributed by atoms with Crippen LogP contribution in [0.3, 0.4) is 0 Å². The summed E-state index contributed by atoms with van der Waals surface area (Å²) < 4.78 is 0. The third kappa shape index (κ3) is 3.39. The quantitative estimate of drug-likeness (QED) is 0.882. The van der Waals surface area contributed by atoms with Gasteiger partial charge in [-0.1, -0.05) is 12.8 Å². The van der Waals surface area contributed by atoms with Crippen molar-refractivity contribution in [3.8, 4) is 0 Å². The van der Waals surface area contributed by atoms with Crippen LogP contribution in [0.15, 0.2) is 0 Å². The van der Waals surface area contributed by atoms with Gasteiger partial charge in [0.05, 0.1) is 18.3 Å². The van der Waals surface area contributed by atoms with Crippen molar-refractivity contribution in [3.05, 3.63) is 17.1 Å². The van der Waals surface area contributed by atoms with E-state index in [0.29, 0.717) is 19.0 Å². The van der Waals surface area contributed by atoms with Gasteiger partial charge < -0.3 is 15.1 Å². The van der Waals surface area contributed by atoms with Crippen molar-refractivity contribution in [2.24, 2.45) is 5.92 Å². The van der Waals surface area contributed by atoms with Crippen molar-refractivity contribution in [3.63, 3.8) is 0 Å². The fourth-order valence-electron chi connectivity index (χ4n) is 4.76.